The van der Waals surface area contributed by atoms with Gasteiger partial charge in [0.2, 0.25) is 11.8 Å². The third kappa shape index (κ3) is 4.94. The SMILES string of the molecule is O=C(CSc1nnc(/C=C/c2cccs2)o1)N1CCCCCC1. The lowest BCUT2D eigenvalue weighted by Crippen LogP contribution is -2.33. The summed E-state index contributed by atoms with van der Waals surface area (Å²) in [6.07, 6.45) is 8.39. The van der Waals surface area contributed by atoms with Gasteiger partial charge in [-0.05, 0) is 30.4 Å². The van der Waals surface area contributed by atoms with Crippen molar-refractivity contribution >= 4 is 41.2 Å². The highest BCUT2D eigenvalue weighted by atomic mass is 32.2. The van der Waals surface area contributed by atoms with Crippen LogP contribution in [0.5, 0.6) is 0 Å². The molecule has 1 amide bonds. The second-order valence-corrected chi connectivity index (χ2v) is 7.24. The number of thioether (sulfide) groups is 1. The van der Waals surface area contributed by atoms with E-state index in [0.29, 0.717) is 16.9 Å². The molecule has 0 aromatic carbocycles. The molecular formula is C16H19N3O2S2. The van der Waals surface area contributed by atoms with E-state index in [-0.39, 0.29) is 5.91 Å². The van der Waals surface area contributed by atoms with E-state index in [1.807, 2.05) is 28.5 Å². The van der Waals surface area contributed by atoms with Crippen LogP contribution in [0.1, 0.15) is 36.5 Å². The van der Waals surface area contributed by atoms with Crippen molar-refractivity contribution in [1.82, 2.24) is 15.1 Å². The van der Waals surface area contributed by atoms with Crippen molar-refractivity contribution in [2.45, 2.75) is 30.9 Å². The van der Waals surface area contributed by atoms with Crippen LogP contribution in [0.4, 0.5) is 0 Å². The Morgan fingerprint density at radius 2 is 2.09 bits per heavy atom. The number of hydrogen-bond acceptors (Lipinski definition) is 6. The molecule has 7 heteroatoms. The molecule has 3 rings (SSSR count). The predicted octanol–water partition coefficient (Wildman–Crippen LogP) is 3.80. The van der Waals surface area contributed by atoms with Crippen molar-refractivity contribution < 1.29 is 9.21 Å². The fourth-order valence-electron chi connectivity index (χ4n) is 2.42. The normalized spacial score (nSPS) is 15.9. The van der Waals surface area contributed by atoms with Crippen LogP contribution < -0.4 is 0 Å². The average Bonchev–Trinajstić information content (AvgIpc) is 3.16. The zero-order valence-electron chi connectivity index (χ0n) is 12.8. The van der Waals surface area contributed by atoms with Crippen molar-refractivity contribution in [3.63, 3.8) is 0 Å². The van der Waals surface area contributed by atoms with E-state index in [9.17, 15) is 4.79 Å². The summed E-state index contributed by atoms with van der Waals surface area (Å²) in [6.45, 7) is 1.75. The maximum Gasteiger partial charge on any atom is 0.277 e. The Labute approximate surface area is 143 Å². The molecule has 0 bridgehead atoms. The molecule has 2 aromatic rings. The molecule has 0 spiro atoms. The first-order chi connectivity index (χ1) is 11.3. The van der Waals surface area contributed by atoms with Gasteiger partial charge in [0, 0.05) is 24.0 Å². The van der Waals surface area contributed by atoms with Crippen LogP contribution in [0.15, 0.2) is 27.2 Å². The van der Waals surface area contributed by atoms with Crippen molar-refractivity contribution in [3.8, 4) is 0 Å². The van der Waals surface area contributed by atoms with E-state index in [1.165, 1.54) is 24.6 Å². The Hall–Kier alpha value is -1.60. The number of nitrogens with zero attached hydrogens (tertiary/aromatic N) is 3. The number of carbonyl (C=O) groups excluding carboxylic acids is 1. The van der Waals surface area contributed by atoms with E-state index in [0.717, 1.165) is 30.8 Å². The van der Waals surface area contributed by atoms with E-state index in [4.69, 9.17) is 4.42 Å². The van der Waals surface area contributed by atoms with Gasteiger partial charge in [-0.3, -0.25) is 4.79 Å². The Balaban J connectivity index is 1.49. The average molecular weight is 349 g/mol. The highest BCUT2D eigenvalue weighted by Gasteiger charge is 2.16. The first-order valence-corrected chi connectivity index (χ1v) is 9.63. The summed E-state index contributed by atoms with van der Waals surface area (Å²) in [5.74, 6) is 0.977. The topological polar surface area (TPSA) is 59.2 Å². The quantitative estimate of drug-likeness (QED) is 0.769. The molecule has 3 heterocycles. The van der Waals surface area contributed by atoms with Gasteiger partial charge in [0.05, 0.1) is 5.75 Å². The van der Waals surface area contributed by atoms with Crippen molar-refractivity contribution in [1.29, 1.82) is 0 Å². The molecule has 1 saturated heterocycles. The van der Waals surface area contributed by atoms with Crippen molar-refractivity contribution in [2.24, 2.45) is 0 Å². The minimum absolute atomic E-state index is 0.158. The molecule has 1 fully saturated rings. The van der Waals surface area contributed by atoms with E-state index < -0.39 is 0 Å². The van der Waals surface area contributed by atoms with Crippen molar-refractivity contribution in [2.75, 3.05) is 18.8 Å². The largest absolute Gasteiger partial charge is 0.412 e. The van der Waals surface area contributed by atoms with Gasteiger partial charge < -0.3 is 9.32 Å². The van der Waals surface area contributed by atoms with Crippen molar-refractivity contribution in [3.05, 3.63) is 28.3 Å². The minimum atomic E-state index is 0.158. The number of aromatic nitrogens is 2. The number of amides is 1. The fraction of sp³-hybridized carbons (Fsp3) is 0.438. The second-order valence-electron chi connectivity index (χ2n) is 5.34. The lowest BCUT2D eigenvalue weighted by molar-refractivity contribution is -0.128. The molecule has 122 valence electrons. The van der Waals surface area contributed by atoms with Gasteiger partial charge in [-0.1, -0.05) is 30.7 Å². The summed E-state index contributed by atoms with van der Waals surface area (Å²) in [5.41, 5.74) is 0. The summed E-state index contributed by atoms with van der Waals surface area (Å²) < 4.78 is 5.53. The Kier molecular flexibility index (Phi) is 5.87. The molecule has 0 N–H and O–H groups in total. The third-order valence-corrected chi connectivity index (χ3v) is 5.27. The number of thiophene rings is 1. The zero-order chi connectivity index (χ0) is 15.9. The molecule has 2 aromatic heterocycles. The number of rotatable bonds is 5. The molecule has 0 aliphatic carbocycles. The highest BCUT2D eigenvalue weighted by molar-refractivity contribution is 7.99. The first kappa shape index (κ1) is 16.3. The van der Waals surface area contributed by atoms with Crippen LogP contribution in [-0.2, 0) is 4.79 Å². The molecule has 1 aliphatic rings. The first-order valence-electron chi connectivity index (χ1n) is 7.77. The minimum Gasteiger partial charge on any atom is -0.412 e. The highest BCUT2D eigenvalue weighted by Crippen LogP contribution is 2.19. The fourth-order valence-corrected chi connectivity index (χ4v) is 3.71. The number of carbonyl (C=O) groups is 1. The molecule has 23 heavy (non-hydrogen) atoms. The van der Waals surface area contributed by atoms with Gasteiger partial charge in [0.15, 0.2) is 0 Å². The van der Waals surface area contributed by atoms with Gasteiger partial charge in [0.25, 0.3) is 5.22 Å². The lowest BCUT2D eigenvalue weighted by Gasteiger charge is -2.19. The van der Waals surface area contributed by atoms with E-state index >= 15 is 0 Å². The summed E-state index contributed by atoms with van der Waals surface area (Å²) in [7, 11) is 0. The summed E-state index contributed by atoms with van der Waals surface area (Å²) in [5, 5.41) is 10.4. The Morgan fingerprint density at radius 3 is 2.83 bits per heavy atom. The van der Waals surface area contributed by atoms with Gasteiger partial charge in [-0.15, -0.1) is 21.5 Å². The summed E-state index contributed by atoms with van der Waals surface area (Å²) in [4.78, 5) is 15.3. The summed E-state index contributed by atoms with van der Waals surface area (Å²) in [6, 6.07) is 4.01. The van der Waals surface area contributed by atoms with E-state index in [1.54, 1.807) is 17.4 Å². The van der Waals surface area contributed by atoms with Gasteiger partial charge in [0.1, 0.15) is 0 Å². The maximum absolute atomic E-state index is 12.2. The maximum atomic E-state index is 12.2. The lowest BCUT2D eigenvalue weighted by atomic mass is 10.2. The van der Waals surface area contributed by atoms with Gasteiger partial charge in [-0.25, -0.2) is 0 Å². The Morgan fingerprint density at radius 1 is 1.26 bits per heavy atom. The molecular weight excluding hydrogens is 330 g/mol. The monoisotopic (exact) mass is 349 g/mol. The molecule has 0 radical (unpaired) electrons. The van der Waals surface area contributed by atoms with Crippen LogP contribution in [-0.4, -0.2) is 39.8 Å². The van der Waals surface area contributed by atoms with Crippen LogP contribution in [0.3, 0.4) is 0 Å². The summed E-state index contributed by atoms with van der Waals surface area (Å²) >= 11 is 2.96. The van der Waals surface area contributed by atoms with Gasteiger partial charge in [-0.2, -0.15) is 0 Å². The van der Waals surface area contributed by atoms with E-state index in [2.05, 4.69) is 10.2 Å². The van der Waals surface area contributed by atoms with Gasteiger partial charge >= 0.3 is 0 Å². The van der Waals surface area contributed by atoms with Crippen LogP contribution in [0.25, 0.3) is 12.2 Å². The molecule has 5 nitrogen and oxygen atoms in total. The van der Waals surface area contributed by atoms with Crippen LogP contribution in [0.2, 0.25) is 0 Å². The number of likely N-dealkylation sites (tertiary alicyclic amines) is 1. The van der Waals surface area contributed by atoms with Crippen LogP contribution >= 0.6 is 23.1 Å². The zero-order valence-corrected chi connectivity index (χ0v) is 14.4. The number of hydrogen-bond donors (Lipinski definition) is 0. The second kappa shape index (κ2) is 8.31. The molecule has 0 saturated carbocycles. The third-order valence-electron chi connectivity index (χ3n) is 3.63. The molecule has 1 aliphatic heterocycles. The van der Waals surface area contributed by atoms with Crippen LogP contribution in [0, 0.1) is 0 Å². The Bertz CT molecular complexity index is 644. The molecule has 0 atom stereocenters. The standard InChI is InChI=1S/C16H19N3O2S2/c20-15(19-9-3-1-2-4-10-19)12-23-16-18-17-14(21-16)8-7-13-6-5-11-22-13/h5-8,11H,1-4,9-10,12H2/b8-7+. The molecule has 0 unspecified atom stereocenters. The predicted molar refractivity (Wildman–Crippen MR) is 93.3 cm³/mol. The smallest absolute Gasteiger partial charge is 0.277 e.